The van der Waals surface area contributed by atoms with E-state index >= 15 is 0 Å². The number of halogens is 2. The molecular formula is C25H19ClFN3O3. The van der Waals surface area contributed by atoms with Crippen molar-refractivity contribution in [2.24, 2.45) is 0 Å². The van der Waals surface area contributed by atoms with Crippen molar-refractivity contribution in [1.29, 1.82) is 0 Å². The lowest BCUT2D eigenvalue weighted by Gasteiger charge is -2.18. The van der Waals surface area contributed by atoms with Gasteiger partial charge in [0, 0.05) is 23.3 Å². The SMILES string of the molecule is CC(=O)Nc1ccc(NC2=C(c3ccc(F)cc3)C(=O)N(c3ccc(Cl)cc3C)C2=O)cc1. The van der Waals surface area contributed by atoms with Crippen LogP contribution < -0.4 is 15.5 Å². The zero-order valence-corrected chi connectivity index (χ0v) is 18.5. The molecular weight excluding hydrogens is 445 g/mol. The molecule has 6 nitrogen and oxygen atoms in total. The third-order valence-electron chi connectivity index (χ3n) is 5.09. The molecule has 0 saturated carbocycles. The zero-order chi connectivity index (χ0) is 23.7. The molecule has 33 heavy (non-hydrogen) atoms. The fourth-order valence-corrected chi connectivity index (χ4v) is 3.83. The van der Waals surface area contributed by atoms with Gasteiger partial charge in [-0.3, -0.25) is 14.4 Å². The van der Waals surface area contributed by atoms with Gasteiger partial charge in [0.1, 0.15) is 11.5 Å². The highest BCUT2D eigenvalue weighted by molar-refractivity contribution is 6.46. The molecule has 3 amide bonds. The molecule has 0 atom stereocenters. The van der Waals surface area contributed by atoms with Crippen LogP contribution in [0.25, 0.3) is 5.57 Å². The van der Waals surface area contributed by atoms with Gasteiger partial charge >= 0.3 is 0 Å². The number of amides is 3. The smallest absolute Gasteiger partial charge is 0.282 e. The molecule has 0 radical (unpaired) electrons. The first kappa shape index (κ1) is 22.2. The van der Waals surface area contributed by atoms with Gasteiger partial charge in [0.2, 0.25) is 5.91 Å². The quantitative estimate of drug-likeness (QED) is 0.513. The highest BCUT2D eigenvalue weighted by Crippen LogP contribution is 2.36. The number of aryl methyl sites for hydroxylation is 1. The molecule has 2 N–H and O–H groups in total. The van der Waals surface area contributed by atoms with Crippen LogP contribution in [0.4, 0.5) is 21.5 Å². The van der Waals surface area contributed by atoms with E-state index in [-0.39, 0.29) is 17.2 Å². The maximum Gasteiger partial charge on any atom is 0.282 e. The van der Waals surface area contributed by atoms with E-state index in [4.69, 9.17) is 11.6 Å². The Kier molecular flexibility index (Phi) is 5.98. The Bertz CT molecular complexity index is 1300. The fourth-order valence-electron chi connectivity index (χ4n) is 3.60. The van der Waals surface area contributed by atoms with Crippen LogP contribution in [-0.2, 0) is 14.4 Å². The van der Waals surface area contributed by atoms with E-state index in [1.807, 2.05) is 0 Å². The number of benzene rings is 3. The van der Waals surface area contributed by atoms with Crippen molar-refractivity contribution in [2.45, 2.75) is 13.8 Å². The van der Waals surface area contributed by atoms with E-state index in [2.05, 4.69) is 10.6 Å². The molecule has 0 aromatic heterocycles. The number of nitrogens with one attached hydrogen (secondary N) is 2. The third-order valence-corrected chi connectivity index (χ3v) is 5.33. The summed E-state index contributed by atoms with van der Waals surface area (Å²) in [5, 5.41) is 6.18. The van der Waals surface area contributed by atoms with Crippen molar-refractivity contribution in [2.75, 3.05) is 15.5 Å². The Hall–Kier alpha value is -3.97. The van der Waals surface area contributed by atoms with Gasteiger partial charge in [-0.2, -0.15) is 0 Å². The first-order valence-electron chi connectivity index (χ1n) is 10.0. The van der Waals surface area contributed by atoms with Gasteiger partial charge in [-0.25, -0.2) is 9.29 Å². The summed E-state index contributed by atoms with van der Waals surface area (Å²) < 4.78 is 13.5. The molecule has 3 aromatic carbocycles. The van der Waals surface area contributed by atoms with Crippen LogP contribution in [0.1, 0.15) is 18.1 Å². The Morgan fingerprint density at radius 1 is 0.909 bits per heavy atom. The molecule has 1 aliphatic heterocycles. The largest absolute Gasteiger partial charge is 0.350 e. The maximum atomic E-state index is 13.5. The summed E-state index contributed by atoms with van der Waals surface area (Å²) in [6.45, 7) is 3.16. The molecule has 0 fully saturated rings. The summed E-state index contributed by atoms with van der Waals surface area (Å²) in [4.78, 5) is 39.2. The van der Waals surface area contributed by atoms with Gasteiger partial charge < -0.3 is 10.6 Å². The number of hydrogen-bond donors (Lipinski definition) is 2. The van der Waals surface area contributed by atoms with Crippen molar-refractivity contribution >= 4 is 52.0 Å². The average Bonchev–Trinajstić information content (AvgIpc) is 3.00. The second-order valence-electron chi connectivity index (χ2n) is 7.52. The number of anilines is 3. The lowest BCUT2D eigenvalue weighted by molar-refractivity contribution is -0.120. The molecule has 1 aliphatic rings. The number of carbonyl (C=O) groups excluding carboxylic acids is 3. The molecule has 8 heteroatoms. The molecule has 0 saturated heterocycles. The number of carbonyl (C=O) groups is 3. The predicted octanol–water partition coefficient (Wildman–Crippen LogP) is 5.14. The minimum atomic E-state index is -0.546. The van der Waals surface area contributed by atoms with Crippen LogP contribution in [0.5, 0.6) is 0 Å². The van der Waals surface area contributed by atoms with Gasteiger partial charge in [-0.05, 0) is 72.6 Å². The topological polar surface area (TPSA) is 78.5 Å². The molecule has 0 unspecified atom stereocenters. The summed E-state index contributed by atoms with van der Waals surface area (Å²) in [5.41, 5.74) is 2.78. The lowest BCUT2D eigenvalue weighted by Crippen LogP contribution is -2.33. The Balaban J connectivity index is 1.76. The molecule has 3 aromatic rings. The summed E-state index contributed by atoms with van der Waals surface area (Å²) in [6.07, 6.45) is 0. The van der Waals surface area contributed by atoms with Crippen molar-refractivity contribution in [1.82, 2.24) is 0 Å². The summed E-state index contributed by atoms with van der Waals surface area (Å²) in [7, 11) is 0. The van der Waals surface area contributed by atoms with Crippen LogP contribution in [0.2, 0.25) is 5.02 Å². The van der Waals surface area contributed by atoms with Crippen LogP contribution in [-0.4, -0.2) is 17.7 Å². The zero-order valence-electron chi connectivity index (χ0n) is 17.8. The molecule has 1 heterocycles. The van der Waals surface area contributed by atoms with Crippen molar-refractivity contribution in [3.05, 3.63) is 94.4 Å². The molecule has 0 aliphatic carbocycles. The summed E-state index contributed by atoms with van der Waals surface area (Å²) >= 11 is 6.04. The van der Waals surface area contributed by atoms with E-state index in [9.17, 15) is 18.8 Å². The van der Waals surface area contributed by atoms with E-state index in [1.165, 1.54) is 31.2 Å². The average molecular weight is 464 g/mol. The first-order chi connectivity index (χ1) is 15.7. The molecule has 4 rings (SSSR count). The molecule has 166 valence electrons. The van der Waals surface area contributed by atoms with Crippen molar-refractivity contribution in [3.8, 4) is 0 Å². The maximum absolute atomic E-state index is 13.5. The van der Waals surface area contributed by atoms with Gasteiger partial charge in [-0.15, -0.1) is 0 Å². The van der Waals surface area contributed by atoms with Gasteiger partial charge in [0.25, 0.3) is 11.8 Å². The highest BCUT2D eigenvalue weighted by atomic mass is 35.5. The minimum absolute atomic E-state index is 0.0632. The predicted molar refractivity (Wildman–Crippen MR) is 126 cm³/mol. The van der Waals surface area contributed by atoms with Crippen LogP contribution in [0, 0.1) is 12.7 Å². The Morgan fingerprint density at radius 2 is 1.55 bits per heavy atom. The van der Waals surface area contributed by atoms with Crippen LogP contribution in [0.15, 0.2) is 72.4 Å². The number of nitrogens with zero attached hydrogens (tertiary/aromatic N) is 1. The summed E-state index contributed by atoms with van der Waals surface area (Å²) in [5.74, 6) is -1.74. The molecule has 0 spiro atoms. The van der Waals surface area contributed by atoms with Gasteiger partial charge in [0.15, 0.2) is 0 Å². The Morgan fingerprint density at radius 3 is 2.15 bits per heavy atom. The summed E-state index contributed by atoms with van der Waals surface area (Å²) in [6, 6.07) is 16.9. The third kappa shape index (κ3) is 4.49. The number of rotatable bonds is 5. The first-order valence-corrected chi connectivity index (χ1v) is 10.4. The number of hydrogen-bond acceptors (Lipinski definition) is 4. The highest BCUT2D eigenvalue weighted by Gasteiger charge is 2.40. The Labute approximate surface area is 194 Å². The monoisotopic (exact) mass is 463 g/mol. The lowest BCUT2D eigenvalue weighted by atomic mass is 10.0. The standard InChI is InChI=1S/C25H19ClFN3O3/c1-14-13-17(26)5-12-21(14)30-24(32)22(16-3-6-18(27)7-4-16)23(25(30)33)29-20-10-8-19(9-11-20)28-15(2)31/h3-13,29H,1-2H3,(H,28,31). The van der Waals surface area contributed by atoms with Gasteiger partial charge in [-0.1, -0.05) is 23.7 Å². The van der Waals surface area contributed by atoms with Crippen molar-refractivity contribution < 1.29 is 18.8 Å². The minimum Gasteiger partial charge on any atom is -0.350 e. The second-order valence-corrected chi connectivity index (χ2v) is 7.95. The van der Waals surface area contributed by atoms with Crippen LogP contribution in [0.3, 0.4) is 0 Å². The van der Waals surface area contributed by atoms with E-state index < -0.39 is 17.6 Å². The van der Waals surface area contributed by atoms with Gasteiger partial charge in [0.05, 0.1) is 11.3 Å². The van der Waals surface area contributed by atoms with Crippen LogP contribution >= 0.6 is 11.6 Å². The second kappa shape index (κ2) is 8.88. The van der Waals surface area contributed by atoms with E-state index in [1.54, 1.807) is 49.4 Å². The molecule has 0 bridgehead atoms. The normalized spacial score (nSPS) is 13.5. The van der Waals surface area contributed by atoms with Crippen molar-refractivity contribution in [3.63, 3.8) is 0 Å². The van der Waals surface area contributed by atoms with E-state index in [0.29, 0.717) is 33.2 Å². The number of imide groups is 1. The van der Waals surface area contributed by atoms with E-state index in [0.717, 1.165) is 4.90 Å². The fraction of sp³-hybridized carbons (Fsp3) is 0.0800.